The number of methoxy groups -OCH3 is 1. The van der Waals surface area contributed by atoms with Gasteiger partial charge < -0.3 is 14.5 Å². The predicted octanol–water partition coefficient (Wildman–Crippen LogP) is 2.86. The molecule has 0 atom stereocenters. The maximum atomic E-state index is 6.10. The maximum absolute atomic E-state index is 6.10. The van der Waals surface area contributed by atoms with Gasteiger partial charge in [-0.3, -0.25) is 5.43 Å². The Kier molecular flexibility index (Phi) is 4.80. The van der Waals surface area contributed by atoms with Crippen LogP contribution in [-0.2, 0) is 6.54 Å². The van der Waals surface area contributed by atoms with Gasteiger partial charge in [0.2, 0.25) is 5.95 Å². The van der Waals surface area contributed by atoms with Gasteiger partial charge in [-0.05, 0) is 43.4 Å². The number of benzene rings is 1. The van der Waals surface area contributed by atoms with E-state index in [2.05, 4.69) is 20.8 Å². The molecule has 1 aliphatic carbocycles. The van der Waals surface area contributed by atoms with Gasteiger partial charge in [0.25, 0.3) is 0 Å². The van der Waals surface area contributed by atoms with E-state index in [0.29, 0.717) is 18.6 Å². The fraction of sp³-hybridized carbons (Fsp3) is 0.438. The van der Waals surface area contributed by atoms with Crippen LogP contribution in [0.5, 0.6) is 11.5 Å². The van der Waals surface area contributed by atoms with Gasteiger partial charge in [0.05, 0.1) is 13.2 Å². The number of rotatable bonds is 7. The van der Waals surface area contributed by atoms with Crippen molar-refractivity contribution < 1.29 is 9.47 Å². The molecule has 0 radical (unpaired) electrons. The van der Waals surface area contributed by atoms with E-state index in [1.54, 1.807) is 19.5 Å². The number of H-pyrrole nitrogens is 1. The first-order valence-electron chi connectivity index (χ1n) is 7.67. The van der Waals surface area contributed by atoms with Crippen LogP contribution in [0, 0.1) is 0 Å². The summed E-state index contributed by atoms with van der Waals surface area (Å²) in [6.07, 6.45) is 8.55. The Bertz CT molecular complexity index is 580. The highest BCUT2D eigenvalue weighted by atomic mass is 16.5. The Morgan fingerprint density at radius 3 is 2.86 bits per heavy atom. The van der Waals surface area contributed by atoms with E-state index in [1.165, 1.54) is 12.8 Å². The number of hydrazine groups is 1. The van der Waals surface area contributed by atoms with Crippen LogP contribution in [0.25, 0.3) is 0 Å². The van der Waals surface area contributed by atoms with Crippen molar-refractivity contribution in [2.75, 3.05) is 12.5 Å². The molecule has 1 saturated carbocycles. The molecule has 0 unspecified atom stereocenters. The number of nitrogens with zero attached hydrogens (tertiary/aromatic N) is 1. The molecule has 6 nitrogen and oxygen atoms in total. The zero-order chi connectivity index (χ0) is 15.2. The molecule has 22 heavy (non-hydrogen) atoms. The van der Waals surface area contributed by atoms with E-state index in [4.69, 9.17) is 9.47 Å². The van der Waals surface area contributed by atoms with Crippen LogP contribution in [0.3, 0.4) is 0 Å². The largest absolute Gasteiger partial charge is 0.493 e. The molecule has 1 aromatic carbocycles. The van der Waals surface area contributed by atoms with Gasteiger partial charge in [-0.25, -0.2) is 10.4 Å². The van der Waals surface area contributed by atoms with E-state index in [1.807, 2.05) is 18.2 Å². The fourth-order valence-corrected chi connectivity index (χ4v) is 2.67. The van der Waals surface area contributed by atoms with Crippen LogP contribution in [0.4, 0.5) is 5.95 Å². The summed E-state index contributed by atoms with van der Waals surface area (Å²) in [7, 11) is 1.67. The zero-order valence-electron chi connectivity index (χ0n) is 12.8. The standard InChI is InChI=1S/C16H22N4O2/c1-21-14-7-6-12(11-19-20-16-17-8-9-18-16)10-15(14)22-13-4-2-3-5-13/h6-10,13,19H,2-5,11H2,1H3,(H2,17,18,20). The lowest BCUT2D eigenvalue weighted by molar-refractivity contribution is 0.200. The van der Waals surface area contributed by atoms with Crippen LogP contribution in [0.15, 0.2) is 30.6 Å². The quantitative estimate of drug-likeness (QED) is 0.686. The number of hydrogen-bond donors (Lipinski definition) is 3. The first kappa shape index (κ1) is 14.7. The second kappa shape index (κ2) is 7.17. The van der Waals surface area contributed by atoms with Crippen molar-refractivity contribution in [1.82, 2.24) is 15.4 Å². The topological polar surface area (TPSA) is 71.2 Å². The van der Waals surface area contributed by atoms with Crippen molar-refractivity contribution in [2.24, 2.45) is 0 Å². The molecule has 6 heteroatoms. The lowest BCUT2D eigenvalue weighted by atomic mass is 10.2. The molecule has 0 aliphatic heterocycles. The molecule has 1 fully saturated rings. The third-order valence-electron chi connectivity index (χ3n) is 3.82. The Hall–Kier alpha value is -2.21. The molecular formula is C16H22N4O2. The minimum absolute atomic E-state index is 0.318. The van der Waals surface area contributed by atoms with E-state index >= 15 is 0 Å². The SMILES string of the molecule is COc1ccc(CNNc2ncc[nH]2)cc1OC1CCCC1. The highest BCUT2D eigenvalue weighted by Crippen LogP contribution is 2.32. The summed E-state index contributed by atoms with van der Waals surface area (Å²) in [5.74, 6) is 2.30. The average Bonchev–Trinajstić information content (AvgIpc) is 3.21. The number of imidazole rings is 1. The van der Waals surface area contributed by atoms with Crippen molar-refractivity contribution in [3.63, 3.8) is 0 Å². The van der Waals surface area contributed by atoms with Crippen molar-refractivity contribution in [1.29, 1.82) is 0 Å². The van der Waals surface area contributed by atoms with Crippen LogP contribution < -0.4 is 20.3 Å². The Morgan fingerprint density at radius 2 is 2.14 bits per heavy atom. The summed E-state index contributed by atoms with van der Waals surface area (Å²) in [4.78, 5) is 7.06. The maximum Gasteiger partial charge on any atom is 0.214 e. The number of ether oxygens (including phenoxy) is 2. The fourth-order valence-electron chi connectivity index (χ4n) is 2.67. The average molecular weight is 302 g/mol. The minimum Gasteiger partial charge on any atom is -0.493 e. The molecule has 1 heterocycles. The molecule has 3 rings (SSSR count). The normalized spacial score (nSPS) is 15.0. The van der Waals surface area contributed by atoms with Gasteiger partial charge >= 0.3 is 0 Å². The molecule has 3 N–H and O–H groups in total. The molecule has 0 bridgehead atoms. The Morgan fingerprint density at radius 1 is 1.27 bits per heavy atom. The van der Waals surface area contributed by atoms with Gasteiger partial charge in [0.1, 0.15) is 0 Å². The molecule has 0 amide bonds. The molecular weight excluding hydrogens is 280 g/mol. The Labute approximate surface area is 130 Å². The van der Waals surface area contributed by atoms with Gasteiger partial charge in [0, 0.05) is 18.9 Å². The van der Waals surface area contributed by atoms with Gasteiger partial charge in [-0.1, -0.05) is 6.07 Å². The monoisotopic (exact) mass is 302 g/mol. The molecule has 2 aromatic rings. The third-order valence-corrected chi connectivity index (χ3v) is 3.82. The number of nitrogens with one attached hydrogen (secondary N) is 3. The van der Waals surface area contributed by atoms with Crippen molar-refractivity contribution in [2.45, 2.75) is 38.3 Å². The summed E-state index contributed by atoms with van der Waals surface area (Å²) in [6, 6.07) is 6.01. The van der Waals surface area contributed by atoms with Gasteiger partial charge in [0.15, 0.2) is 11.5 Å². The van der Waals surface area contributed by atoms with E-state index in [-0.39, 0.29) is 0 Å². The van der Waals surface area contributed by atoms with Crippen LogP contribution >= 0.6 is 0 Å². The van der Waals surface area contributed by atoms with Crippen LogP contribution in [0.2, 0.25) is 0 Å². The summed E-state index contributed by atoms with van der Waals surface area (Å²) in [5.41, 5.74) is 7.25. The summed E-state index contributed by atoms with van der Waals surface area (Å²) in [6.45, 7) is 0.658. The van der Waals surface area contributed by atoms with E-state index in [9.17, 15) is 0 Å². The number of aromatic amines is 1. The van der Waals surface area contributed by atoms with Gasteiger partial charge in [-0.15, -0.1) is 0 Å². The summed E-state index contributed by atoms with van der Waals surface area (Å²) < 4.78 is 11.5. The number of anilines is 1. The third kappa shape index (κ3) is 3.71. The van der Waals surface area contributed by atoms with E-state index < -0.39 is 0 Å². The first-order valence-corrected chi connectivity index (χ1v) is 7.67. The summed E-state index contributed by atoms with van der Waals surface area (Å²) >= 11 is 0. The molecule has 118 valence electrons. The predicted molar refractivity (Wildman–Crippen MR) is 84.9 cm³/mol. The summed E-state index contributed by atoms with van der Waals surface area (Å²) in [5, 5.41) is 0. The number of aromatic nitrogens is 2. The Balaban J connectivity index is 1.61. The van der Waals surface area contributed by atoms with Crippen molar-refractivity contribution in [3.05, 3.63) is 36.2 Å². The lowest BCUT2D eigenvalue weighted by Crippen LogP contribution is -2.21. The zero-order valence-corrected chi connectivity index (χ0v) is 12.8. The minimum atomic E-state index is 0.318. The van der Waals surface area contributed by atoms with E-state index in [0.717, 1.165) is 29.9 Å². The molecule has 0 saturated heterocycles. The van der Waals surface area contributed by atoms with Crippen LogP contribution in [0.1, 0.15) is 31.2 Å². The molecule has 0 spiro atoms. The van der Waals surface area contributed by atoms with Crippen LogP contribution in [-0.4, -0.2) is 23.2 Å². The second-order valence-electron chi connectivity index (χ2n) is 5.43. The lowest BCUT2D eigenvalue weighted by Gasteiger charge is -2.17. The number of hydrogen-bond acceptors (Lipinski definition) is 5. The highest BCUT2D eigenvalue weighted by Gasteiger charge is 2.18. The molecule has 1 aliphatic rings. The molecule has 1 aromatic heterocycles. The van der Waals surface area contributed by atoms with Crippen molar-refractivity contribution in [3.8, 4) is 11.5 Å². The van der Waals surface area contributed by atoms with Crippen molar-refractivity contribution >= 4 is 5.95 Å². The highest BCUT2D eigenvalue weighted by molar-refractivity contribution is 5.43. The smallest absolute Gasteiger partial charge is 0.214 e. The van der Waals surface area contributed by atoms with Gasteiger partial charge in [-0.2, -0.15) is 0 Å². The first-order chi connectivity index (χ1) is 10.8. The second-order valence-corrected chi connectivity index (χ2v) is 5.43.